The van der Waals surface area contributed by atoms with Crippen molar-refractivity contribution in [2.24, 2.45) is 5.10 Å². The van der Waals surface area contributed by atoms with E-state index in [1.165, 1.54) is 37.4 Å². The van der Waals surface area contributed by atoms with Gasteiger partial charge in [0.25, 0.3) is 5.72 Å². The van der Waals surface area contributed by atoms with E-state index in [0.717, 1.165) is 11.3 Å². The van der Waals surface area contributed by atoms with Gasteiger partial charge in [-0.2, -0.15) is 36.5 Å². The van der Waals surface area contributed by atoms with E-state index in [2.05, 4.69) is 15.1 Å². The lowest BCUT2D eigenvalue weighted by atomic mass is 10.0. The van der Waals surface area contributed by atoms with Crippen LogP contribution in [0.1, 0.15) is 17.7 Å². The van der Waals surface area contributed by atoms with E-state index < -0.39 is 36.1 Å². The number of aromatic nitrogens is 2. The lowest BCUT2D eigenvalue weighted by molar-refractivity contribution is -0.254. The monoisotopic (exact) mass is 488 g/mol. The minimum Gasteiger partial charge on any atom is -0.497 e. The first-order chi connectivity index (χ1) is 15.4. The molecule has 0 radical (unpaired) electrons. The minimum atomic E-state index is -5.29. The molecule has 0 spiro atoms. The zero-order chi connectivity index (χ0) is 24.0. The number of nitrogens with zero attached hydrogens (tertiary/aromatic N) is 4. The average Bonchev–Trinajstić information content (AvgIpc) is 3.41. The summed E-state index contributed by atoms with van der Waals surface area (Å²) in [6, 6.07) is 9.43. The van der Waals surface area contributed by atoms with E-state index in [1.54, 1.807) is 11.4 Å². The lowest BCUT2D eigenvalue weighted by Gasteiger charge is -2.32. The maximum atomic E-state index is 13.9. The molecule has 33 heavy (non-hydrogen) atoms. The molecule has 4 rings (SSSR count). The fraction of sp³-hybridized carbons (Fsp3) is 0.250. The molecule has 3 heterocycles. The van der Waals surface area contributed by atoms with Gasteiger partial charge >= 0.3 is 12.4 Å². The molecule has 0 saturated carbocycles. The van der Waals surface area contributed by atoms with Crippen LogP contribution in [0.4, 0.5) is 32.3 Å². The predicted octanol–water partition coefficient (Wildman–Crippen LogP) is 5.10. The van der Waals surface area contributed by atoms with Crippen LogP contribution in [0.2, 0.25) is 0 Å². The largest absolute Gasteiger partial charge is 0.497 e. The Balaban J connectivity index is 1.87. The Morgan fingerprint density at radius 1 is 1.06 bits per heavy atom. The number of alkyl halides is 6. The predicted molar refractivity (Wildman–Crippen MR) is 108 cm³/mol. The molecule has 0 aliphatic carbocycles. The van der Waals surface area contributed by atoms with Crippen LogP contribution in [0, 0.1) is 0 Å². The molecule has 0 saturated heterocycles. The van der Waals surface area contributed by atoms with Gasteiger partial charge in [-0.25, -0.2) is 9.97 Å². The summed E-state index contributed by atoms with van der Waals surface area (Å²) in [6.45, 7) is 0. The zero-order valence-electron chi connectivity index (χ0n) is 16.6. The van der Waals surface area contributed by atoms with Crippen molar-refractivity contribution in [3.05, 3.63) is 59.1 Å². The van der Waals surface area contributed by atoms with Crippen molar-refractivity contribution in [2.45, 2.75) is 24.5 Å². The van der Waals surface area contributed by atoms with Crippen molar-refractivity contribution < 1.29 is 36.2 Å². The van der Waals surface area contributed by atoms with Gasteiger partial charge in [0.05, 0.1) is 29.8 Å². The second-order valence-corrected chi connectivity index (χ2v) is 7.94. The third-order valence-corrected chi connectivity index (χ3v) is 5.72. The van der Waals surface area contributed by atoms with Gasteiger partial charge in [-0.05, 0) is 47.3 Å². The molecule has 13 heteroatoms. The molecule has 174 valence electrons. The molecular weight excluding hydrogens is 474 g/mol. The summed E-state index contributed by atoms with van der Waals surface area (Å²) in [5.41, 5.74) is -5.37. The van der Waals surface area contributed by atoms with E-state index in [9.17, 15) is 31.4 Å². The number of hydrazone groups is 1. The maximum Gasteiger partial charge on any atom is 0.438 e. The van der Waals surface area contributed by atoms with Crippen molar-refractivity contribution >= 4 is 23.0 Å². The van der Waals surface area contributed by atoms with Gasteiger partial charge in [-0.3, -0.25) is 0 Å². The standard InChI is InChI=1S/C20H14F6N4O2S/c1-32-12-6-4-11(5-7-12)14-10-18(31,20(24,25)26)30(29-14)17-27-13(15-3-2-8-33-15)9-16(28-17)19(21,22)23/h2-9,31H,10H2,1H3. The molecule has 1 atom stereocenters. The molecule has 1 unspecified atom stereocenters. The van der Waals surface area contributed by atoms with Crippen LogP contribution in [0.25, 0.3) is 10.6 Å². The summed E-state index contributed by atoms with van der Waals surface area (Å²) in [4.78, 5) is 7.42. The van der Waals surface area contributed by atoms with Crippen LogP contribution in [0.15, 0.2) is 52.9 Å². The Morgan fingerprint density at radius 2 is 1.76 bits per heavy atom. The van der Waals surface area contributed by atoms with Crippen LogP contribution < -0.4 is 9.75 Å². The van der Waals surface area contributed by atoms with Gasteiger partial charge in [0.15, 0.2) is 5.69 Å². The maximum absolute atomic E-state index is 13.9. The number of methoxy groups -OCH3 is 1. The van der Waals surface area contributed by atoms with Crippen molar-refractivity contribution in [1.82, 2.24) is 9.97 Å². The molecule has 1 aliphatic heterocycles. The first-order valence-electron chi connectivity index (χ1n) is 9.24. The van der Waals surface area contributed by atoms with E-state index in [1.807, 2.05) is 0 Å². The Kier molecular flexibility index (Phi) is 5.56. The highest BCUT2D eigenvalue weighted by molar-refractivity contribution is 7.13. The molecule has 0 amide bonds. The van der Waals surface area contributed by atoms with E-state index in [0.29, 0.717) is 11.8 Å². The number of halogens is 6. The molecular formula is C20H14F6N4O2S. The number of benzene rings is 1. The van der Waals surface area contributed by atoms with Crippen LogP contribution in [0.5, 0.6) is 5.75 Å². The summed E-state index contributed by atoms with van der Waals surface area (Å²) in [7, 11) is 1.41. The number of hydrogen-bond donors (Lipinski definition) is 1. The summed E-state index contributed by atoms with van der Waals surface area (Å²) < 4.78 is 87.2. The zero-order valence-corrected chi connectivity index (χ0v) is 17.5. The number of anilines is 1. The van der Waals surface area contributed by atoms with E-state index >= 15 is 0 Å². The second-order valence-electron chi connectivity index (χ2n) is 6.99. The molecule has 6 nitrogen and oxygen atoms in total. The average molecular weight is 488 g/mol. The first-order valence-corrected chi connectivity index (χ1v) is 10.1. The molecule has 1 N–H and O–H groups in total. The Bertz CT molecular complexity index is 1180. The van der Waals surface area contributed by atoms with Gasteiger partial charge in [-0.15, -0.1) is 11.3 Å². The minimum absolute atomic E-state index is 0.00108. The van der Waals surface area contributed by atoms with Crippen molar-refractivity contribution in [2.75, 3.05) is 12.1 Å². The normalized spacial score (nSPS) is 19.0. The quantitative estimate of drug-likeness (QED) is 0.518. The van der Waals surface area contributed by atoms with Crippen LogP contribution in [0.3, 0.4) is 0 Å². The third kappa shape index (κ3) is 4.25. The topological polar surface area (TPSA) is 70.8 Å². The van der Waals surface area contributed by atoms with Gasteiger partial charge in [0.2, 0.25) is 5.95 Å². The number of aliphatic hydroxyl groups is 1. The fourth-order valence-corrected chi connectivity index (χ4v) is 3.83. The van der Waals surface area contributed by atoms with Crippen molar-refractivity contribution in [1.29, 1.82) is 0 Å². The van der Waals surface area contributed by atoms with Gasteiger partial charge in [0, 0.05) is 0 Å². The van der Waals surface area contributed by atoms with Crippen molar-refractivity contribution in [3.8, 4) is 16.3 Å². The second kappa shape index (κ2) is 7.99. The highest BCUT2D eigenvalue weighted by Crippen LogP contribution is 2.44. The Morgan fingerprint density at radius 3 is 2.30 bits per heavy atom. The molecule has 2 aromatic heterocycles. The number of ether oxygens (including phenoxy) is 1. The molecule has 1 aromatic carbocycles. The van der Waals surface area contributed by atoms with Crippen molar-refractivity contribution in [3.63, 3.8) is 0 Å². The first kappa shape index (κ1) is 23.0. The van der Waals surface area contributed by atoms with Gasteiger partial charge < -0.3 is 9.84 Å². The third-order valence-electron chi connectivity index (χ3n) is 4.83. The Labute approximate surface area is 186 Å². The van der Waals surface area contributed by atoms with E-state index in [4.69, 9.17) is 4.74 Å². The number of thiophene rings is 1. The van der Waals surface area contributed by atoms with Crippen LogP contribution >= 0.6 is 11.3 Å². The SMILES string of the molecule is COc1ccc(C2=NN(c3nc(-c4cccs4)cc(C(F)(F)F)n3)C(O)(C(F)(F)F)C2)cc1. The molecule has 3 aromatic rings. The summed E-state index contributed by atoms with van der Waals surface area (Å²) >= 11 is 1.04. The highest BCUT2D eigenvalue weighted by atomic mass is 32.1. The summed E-state index contributed by atoms with van der Waals surface area (Å²) in [5, 5.41) is 16.0. The van der Waals surface area contributed by atoms with Gasteiger partial charge in [0.1, 0.15) is 5.75 Å². The summed E-state index contributed by atoms with van der Waals surface area (Å²) in [5.74, 6) is -0.598. The number of hydrogen-bond acceptors (Lipinski definition) is 7. The lowest BCUT2D eigenvalue weighted by Crippen LogP contribution is -2.55. The van der Waals surface area contributed by atoms with Crippen LogP contribution in [-0.4, -0.2) is 39.8 Å². The molecule has 1 aliphatic rings. The highest BCUT2D eigenvalue weighted by Gasteiger charge is 2.63. The van der Waals surface area contributed by atoms with Gasteiger partial charge in [-0.1, -0.05) is 6.07 Å². The van der Waals surface area contributed by atoms with Crippen LogP contribution in [-0.2, 0) is 6.18 Å². The smallest absolute Gasteiger partial charge is 0.438 e. The fourth-order valence-electron chi connectivity index (χ4n) is 3.15. The van der Waals surface area contributed by atoms with E-state index in [-0.39, 0.29) is 26.9 Å². The summed E-state index contributed by atoms with van der Waals surface area (Å²) in [6.07, 6.45) is -11.3. The molecule has 0 bridgehead atoms. The molecule has 0 fully saturated rings. The Hall–Kier alpha value is -3.19. The number of rotatable bonds is 4.